The lowest BCUT2D eigenvalue weighted by Crippen LogP contribution is -2.32. The van der Waals surface area contributed by atoms with Crippen molar-refractivity contribution in [2.24, 2.45) is 5.73 Å². The second-order valence-electron chi connectivity index (χ2n) is 4.44. The summed E-state index contributed by atoms with van der Waals surface area (Å²) in [5.74, 6) is -0.121. The maximum Gasteiger partial charge on any atom is 0.356 e. The third-order valence-electron chi connectivity index (χ3n) is 3.20. The molecule has 0 radical (unpaired) electrons. The number of nitrogens with one attached hydrogen (secondary N) is 1. The Bertz CT molecular complexity index is 846. The molecule has 3 rings (SSSR count). The average Bonchev–Trinajstić information content (AvgIpc) is 2.68. The smallest absolute Gasteiger partial charge is 0.356 e. The first-order valence-corrected chi connectivity index (χ1v) is 5.97. The molecule has 3 N–H and O–H groups in total. The van der Waals surface area contributed by atoms with Gasteiger partial charge in [-0.2, -0.15) is 0 Å². The van der Waals surface area contributed by atoms with E-state index >= 15 is 0 Å². The molecule has 0 atom stereocenters. The Balaban J connectivity index is 2.20. The van der Waals surface area contributed by atoms with Gasteiger partial charge >= 0.3 is 11.9 Å². The standard InChI is InChI=1S/C14H11N3O3/c1-17-10(13(19)16-14(17)15)6-8-7-20-11-5-3-2-4-9(11)12(8)18/h2-7H,1H3,(H2,15,16,19)/p+1/b10-6-. The summed E-state index contributed by atoms with van der Waals surface area (Å²) in [6, 6.07) is 6.95. The van der Waals surface area contributed by atoms with Crippen molar-refractivity contribution in [3.8, 4) is 0 Å². The van der Waals surface area contributed by atoms with E-state index in [0.29, 0.717) is 22.2 Å². The van der Waals surface area contributed by atoms with Crippen LogP contribution in [-0.4, -0.2) is 23.5 Å². The fraction of sp³-hybridized carbons (Fsp3) is 0.0714. The Morgan fingerprint density at radius 2 is 2.05 bits per heavy atom. The molecule has 2 heterocycles. The molecule has 1 aromatic carbocycles. The number of nitrogens with two attached hydrogens (primary N) is 1. The quantitative estimate of drug-likeness (QED) is 0.573. The highest BCUT2D eigenvalue weighted by atomic mass is 16.3. The Morgan fingerprint density at radius 3 is 2.75 bits per heavy atom. The SMILES string of the molecule is C[N+]1=C(N)NC(=O)/C1=C/c1coc2ccccc2c1=O. The normalized spacial score (nSPS) is 17.1. The van der Waals surface area contributed by atoms with Crippen LogP contribution in [0.5, 0.6) is 0 Å². The monoisotopic (exact) mass is 270 g/mol. The number of para-hydroxylation sites is 1. The van der Waals surface area contributed by atoms with Crippen molar-refractivity contribution in [1.82, 2.24) is 5.32 Å². The van der Waals surface area contributed by atoms with Crippen molar-refractivity contribution >= 4 is 28.9 Å². The lowest BCUT2D eigenvalue weighted by Gasteiger charge is -1.99. The molecular formula is C14H12N3O3+. The Labute approximate surface area is 113 Å². The minimum absolute atomic E-state index is 0.189. The number of benzene rings is 1. The topological polar surface area (TPSA) is 88.3 Å². The van der Waals surface area contributed by atoms with Crippen LogP contribution < -0.4 is 16.5 Å². The highest BCUT2D eigenvalue weighted by Crippen LogP contribution is 2.13. The summed E-state index contributed by atoms with van der Waals surface area (Å²) in [5.41, 5.74) is 6.53. The van der Waals surface area contributed by atoms with Gasteiger partial charge in [0.05, 0.1) is 18.0 Å². The molecule has 1 aliphatic rings. The van der Waals surface area contributed by atoms with Crippen LogP contribution in [0.1, 0.15) is 5.56 Å². The largest absolute Gasteiger partial charge is 0.463 e. The van der Waals surface area contributed by atoms with Gasteiger partial charge in [0, 0.05) is 0 Å². The molecule has 1 aliphatic heterocycles. The maximum absolute atomic E-state index is 12.3. The lowest BCUT2D eigenvalue weighted by atomic mass is 10.1. The number of nitrogens with zero attached hydrogens (tertiary/aromatic N) is 1. The van der Waals surface area contributed by atoms with Crippen LogP contribution in [0.25, 0.3) is 17.0 Å². The molecule has 6 nitrogen and oxygen atoms in total. The molecule has 0 saturated heterocycles. The van der Waals surface area contributed by atoms with E-state index in [0.717, 1.165) is 0 Å². The third-order valence-corrected chi connectivity index (χ3v) is 3.20. The van der Waals surface area contributed by atoms with Crippen molar-refractivity contribution in [2.45, 2.75) is 0 Å². The fourth-order valence-electron chi connectivity index (χ4n) is 2.05. The summed E-state index contributed by atoms with van der Waals surface area (Å²) in [6.45, 7) is 0. The van der Waals surface area contributed by atoms with E-state index in [2.05, 4.69) is 5.32 Å². The Morgan fingerprint density at radius 1 is 1.30 bits per heavy atom. The summed E-state index contributed by atoms with van der Waals surface area (Å²) < 4.78 is 6.88. The van der Waals surface area contributed by atoms with Crippen LogP contribution in [-0.2, 0) is 4.79 Å². The predicted octanol–water partition coefficient (Wildman–Crippen LogP) is 0.221. The van der Waals surface area contributed by atoms with E-state index in [-0.39, 0.29) is 17.3 Å². The minimum Gasteiger partial charge on any atom is -0.463 e. The molecule has 0 fully saturated rings. The molecule has 20 heavy (non-hydrogen) atoms. The van der Waals surface area contributed by atoms with Crippen LogP contribution in [0.4, 0.5) is 0 Å². The number of guanidine groups is 1. The van der Waals surface area contributed by atoms with Crippen LogP contribution in [0.3, 0.4) is 0 Å². The number of carbonyl (C=O) groups excluding carboxylic acids is 1. The Kier molecular flexibility index (Phi) is 2.64. The van der Waals surface area contributed by atoms with Crippen LogP contribution in [0, 0.1) is 0 Å². The molecule has 0 saturated carbocycles. The maximum atomic E-state index is 12.3. The van der Waals surface area contributed by atoms with E-state index in [1.165, 1.54) is 16.9 Å². The Hall–Kier alpha value is -2.89. The molecule has 100 valence electrons. The van der Waals surface area contributed by atoms with E-state index in [1.807, 2.05) is 0 Å². The first kappa shape index (κ1) is 12.2. The van der Waals surface area contributed by atoms with E-state index in [4.69, 9.17) is 10.2 Å². The summed E-state index contributed by atoms with van der Waals surface area (Å²) in [6.07, 6.45) is 2.81. The van der Waals surface area contributed by atoms with Gasteiger partial charge in [0.25, 0.3) is 0 Å². The third kappa shape index (κ3) is 1.78. The molecule has 0 spiro atoms. The second kappa shape index (κ2) is 4.34. The number of hydrogen-bond acceptors (Lipinski definition) is 4. The van der Waals surface area contributed by atoms with Gasteiger partial charge in [-0.15, -0.1) is 0 Å². The van der Waals surface area contributed by atoms with Gasteiger partial charge in [-0.05, 0) is 18.2 Å². The zero-order chi connectivity index (χ0) is 14.3. The molecule has 0 bridgehead atoms. The van der Waals surface area contributed by atoms with Crippen LogP contribution in [0.2, 0.25) is 0 Å². The van der Waals surface area contributed by atoms with Crippen molar-refractivity contribution < 1.29 is 13.8 Å². The molecule has 2 aromatic rings. The number of likely N-dealkylation sites (N-methyl/N-ethyl adjacent to an activating group) is 1. The number of rotatable bonds is 1. The summed E-state index contributed by atoms with van der Waals surface area (Å²) >= 11 is 0. The van der Waals surface area contributed by atoms with Crippen molar-refractivity contribution in [2.75, 3.05) is 7.05 Å². The first-order valence-electron chi connectivity index (χ1n) is 5.97. The molecule has 6 heteroatoms. The molecule has 0 unspecified atom stereocenters. The van der Waals surface area contributed by atoms with E-state index in [1.54, 1.807) is 31.3 Å². The number of amides is 1. The number of hydrogen-bond donors (Lipinski definition) is 2. The van der Waals surface area contributed by atoms with Crippen molar-refractivity contribution in [3.05, 3.63) is 52.0 Å². The van der Waals surface area contributed by atoms with Gasteiger partial charge in [0.15, 0.2) is 11.1 Å². The number of carbonyl (C=O) groups is 1. The summed E-state index contributed by atoms with van der Waals surface area (Å²) in [7, 11) is 1.64. The van der Waals surface area contributed by atoms with Gasteiger partial charge in [0.1, 0.15) is 11.8 Å². The fourth-order valence-corrected chi connectivity index (χ4v) is 2.05. The second-order valence-corrected chi connectivity index (χ2v) is 4.44. The minimum atomic E-state index is -0.349. The average molecular weight is 270 g/mol. The molecule has 0 aliphatic carbocycles. The number of fused-ring (bicyclic) bond motifs is 1. The van der Waals surface area contributed by atoms with Gasteiger partial charge in [-0.3, -0.25) is 10.5 Å². The van der Waals surface area contributed by atoms with Gasteiger partial charge in [-0.25, -0.2) is 14.7 Å². The van der Waals surface area contributed by atoms with Gasteiger partial charge in [0.2, 0.25) is 0 Å². The van der Waals surface area contributed by atoms with Crippen molar-refractivity contribution in [1.29, 1.82) is 0 Å². The summed E-state index contributed by atoms with van der Waals surface area (Å²) in [4.78, 5) is 24.0. The van der Waals surface area contributed by atoms with Gasteiger partial charge < -0.3 is 4.42 Å². The lowest BCUT2D eigenvalue weighted by molar-refractivity contribution is -0.432. The first-order chi connectivity index (χ1) is 9.58. The summed E-state index contributed by atoms with van der Waals surface area (Å²) in [5, 5.41) is 2.95. The molecule has 1 amide bonds. The van der Waals surface area contributed by atoms with Crippen molar-refractivity contribution in [3.63, 3.8) is 0 Å². The van der Waals surface area contributed by atoms with Crippen LogP contribution >= 0.6 is 0 Å². The zero-order valence-electron chi connectivity index (χ0n) is 10.7. The zero-order valence-corrected chi connectivity index (χ0v) is 10.7. The van der Waals surface area contributed by atoms with Crippen LogP contribution in [0.15, 0.2) is 45.4 Å². The van der Waals surface area contributed by atoms with E-state index in [9.17, 15) is 9.59 Å². The molecular weight excluding hydrogens is 258 g/mol. The van der Waals surface area contributed by atoms with E-state index < -0.39 is 0 Å². The predicted molar refractivity (Wildman–Crippen MR) is 74.0 cm³/mol. The molecule has 1 aromatic heterocycles. The highest BCUT2D eigenvalue weighted by molar-refractivity contribution is 6.08. The van der Waals surface area contributed by atoms with Gasteiger partial charge in [-0.1, -0.05) is 12.1 Å². The highest BCUT2D eigenvalue weighted by Gasteiger charge is 2.29.